The Hall–Kier alpha value is -2.03. The summed E-state index contributed by atoms with van der Waals surface area (Å²) in [6.45, 7) is 3.74. The van der Waals surface area contributed by atoms with Gasteiger partial charge in [-0.15, -0.1) is 0 Å². The molecule has 3 nitrogen and oxygen atoms in total. The second-order valence-corrected chi connectivity index (χ2v) is 3.80. The standard InChI is InChI=1S/C13H13NO2/c1-8-3-5-10(7-11(8)13(14)15)12-6-4-9(2)16-12/h3-7H,1-2H3,(H2,14,15). The molecule has 0 bridgehead atoms. The maximum Gasteiger partial charge on any atom is 0.248 e. The van der Waals surface area contributed by atoms with Crippen LogP contribution in [-0.4, -0.2) is 5.91 Å². The summed E-state index contributed by atoms with van der Waals surface area (Å²) in [5.74, 6) is 1.18. The van der Waals surface area contributed by atoms with Gasteiger partial charge in [0.1, 0.15) is 11.5 Å². The fourth-order valence-corrected chi connectivity index (χ4v) is 1.63. The molecule has 0 fully saturated rings. The average Bonchev–Trinajstić information content (AvgIpc) is 2.65. The van der Waals surface area contributed by atoms with Gasteiger partial charge in [0.2, 0.25) is 5.91 Å². The Labute approximate surface area is 93.9 Å². The summed E-state index contributed by atoms with van der Waals surface area (Å²) >= 11 is 0. The number of benzene rings is 1. The number of carbonyl (C=O) groups is 1. The van der Waals surface area contributed by atoms with Crippen molar-refractivity contribution in [2.75, 3.05) is 0 Å². The normalized spacial score (nSPS) is 10.4. The lowest BCUT2D eigenvalue weighted by Crippen LogP contribution is -2.12. The van der Waals surface area contributed by atoms with Crippen LogP contribution >= 0.6 is 0 Å². The second-order valence-electron chi connectivity index (χ2n) is 3.80. The van der Waals surface area contributed by atoms with E-state index in [2.05, 4.69) is 0 Å². The molecule has 0 atom stereocenters. The van der Waals surface area contributed by atoms with Crippen molar-refractivity contribution in [3.8, 4) is 11.3 Å². The molecule has 2 rings (SSSR count). The highest BCUT2D eigenvalue weighted by Gasteiger charge is 2.08. The van der Waals surface area contributed by atoms with Crippen molar-refractivity contribution >= 4 is 5.91 Å². The molecule has 16 heavy (non-hydrogen) atoms. The third kappa shape index (κ3) is 1.84. The van der Waals surface area contributed by atoms with Gasteiger partial charge in [-0.2, -0.15) is 0 Å². The lowest BCUT2D eigenvalue weighted by molar-refractivity contribution is 0.1000. The fraction of sp³-hybridized carbons (Fsp3) is 0.154. The summed E-state index contributed by atoms with van der Waals surface area (Å²) in [5.41, 5.74) is 7.57. The van der Waals surface area contributed by atoms with E-state index in [1.165, 1.54) is 0 Å². The number of hydrogen-bond donors (Lipinski definition) is 1. The van der Waals surface area contributed by atoms with Gasteiger partial charge >= 0.3 is 0 Å². The summed E-state index contributed by atoms with van der Waals surface area (Å²) in [6, 6.07) is 9.31. The van der Waals surface area contributed by atoms with Gasteiger partial charge in [-0.05, 0) is 37.6 Å². The molecule has 0 aliphatic rings. The number of aryl methyl sites for hydroxylation is 2. The molecule has 82 valence electrons. The molecule has 0 aliphatic heterocycles. The predicted molar refractivity (Wildman–Crippen MR) is 62.1 cm³/mol. The van der Waals surface area contributed by atoms with Crippen molar-refractivity contribution < 1.29 is 9.21 Å². The van der Waals surface area contributed by atoms with Crippen LogP contribution in [0.15, 0.2) is 34.7 Å². The monoisotopic (exact) mass is 215 g/mol. The first kappa shape index (κ1) is 10.5. The molecule has 2 N–H and O–H groups in total. The van der Waals surface area contributed by atoms with Crippen LogP contribution in [0.4, 0.5) is 0 Å². The van der Waals surface area contributed by atoms with E-state index in [1.54, 1.807) is 6.07 Å². The zero-order valence-corrected chi connectivity index (χ0v) is 9.28. The average molecular weight is 215 g/mol. The number of nitrogens with two attached hydrogens (primary N) is 1. The highest BCUT2D eigenvalue weighted by Crippen LogP contribution is 2.24. The van der Waals surface area contributed by atoms with Crippen LogP contribution in [0.5, 0.6) is 0 Å². The smallest absolute Gasteiger partial charge is 0.248 e. The van der Waals surface area contributed by atoms with Gasteiger partial charge in [0, 0.05) is 11.1 Å². The molecule has 1 aromatic carbocycles. The number of rotatable bonds is 2. The van der Waals surface area contributed by atoms with Gasteiger partial charge in [-0.25, -0.2) is 0 Å². The zero-order chi connectivity index (χ0) is 11.7. The minimum Gasteiger partial charge on any atom is -0.461 e. The van der Waals surface area contributed by atoms with Gasteiger partial charge in [0.05, 0.1) is 0 Å². The topological polar surface area (TPSA) is 56.2 Å². The molecule has 0 spiro atoms. The number of hydrogen-bond acceptors (Lipinski definition) is 2. The van der Waals surface area contributed by atoms with Crippen molar-refractivity contribution in [2.45, 2.75) is 13.8 Å². The van der Waals surface area contributed by atoms with Crippen LogP contribution in [-0.2, 0) is 0 Å². The van der Waals surface area contributed by atoms with E-state index < -0.39 is 5.91 Å². The number of furan rings is 1. The summed E-state index contributed by atoms with van der Waals surface area (Å²) < 4.78 is 5.49. The number of carbonyl (C=O) groups excluding carboxylic acids is 1. The van der Waals surface area contributed by atoms with Gasteiger partial charge in [0.15, 0.2) is 0 Å². The van der Waals surface area contributed by atoms with Crippen LogP contribution in [0.2, 0.25) is 0 Å². The molecule has 3 heteroatoms. The van der Waals surface area contributed by atoms with Crippen molar-refractivity contribution in [1.82, 2.24) is 0 Å². The van der Waals surface area contributed by atoms with E-state index in [0.717, 1.165) is 22.6 Å². The van der Waals surface area contributed by atoms with Crippen LogP contribution in [0.25, 0.3) is 11.3 Å². The Kier molecular flexibility index (Phi) is 2.52. The van der Waals surface area contributed by atoms with Crippen molar-refractivity contribution in [3.05, 3.63) is 47.2 Å². The first-order valence-corrected chi connectivity index (χ1v) is 5.05. The van der Waals surface area contributed by atoms with Crippen LogP contribution in [0, 0.1) is 13.8 Å². The molecule has 1 heterocycles. The molecule has 1 amide bonds. The van der Waals surface area contributed by atoms with Crippen LogP contribution in [0.1, 0.15) is 21.7 Å². The summed E-state index contributed by atoms with van der Waals surface area (Å²) in [7, 11) is 0. The van der Waals surface area contributed by atoms with Gasteiger partial charge in [-0.1, -0.05) is 12.1 Å². The molecule has 0 unspecified atom stereocenters. The van der Waals surface area contributed by atoms with E-state index in [1.807, 2.05) is 38.1 Å². The first-order chi connectivity index (χ1) is 7.58. The Morgan fingerprint density at radius 3 is 2.50 bits per heavy atom. The lowest BCUT2D eigenvalue weighted by Gasteiger charge is -2.03. The minimum absolute atomic E-state index is 0.414. The molecule has 0 saturated carbocycles. The third-order valence-electron chi connectivity index (χ3n) is 2.53. The second kappa shape index (κ2) is 3.85. The Morgan fingerprint density at radius 2 is 1.94 bits per heavy atom. The molecule has 0 aliphatic carbocycles. The molecule has 1 aromatic heterocycles. The van der Waals surface area contributed by atoms with Crippen molar-refractivity contribution in [3.63, 3.8) is 0 Å². The Bertz CT molecular complexity index is 541. The van der Waals surface area contributed by atoms with E-state index in [4.69, 9.17) is 10.2 Å². The maximum absolute atomic E-state index is 11.2. The quantitative estimate of drug-likeness (QED) is 0.837. The molecular weight excluding hydrogens is 202 g/mol. The van der Waals surface area contributed by atoms with E-state index >= 15 is 0 Å². The van der Waals surface area contributed by atoms with Gasteiger partial charge in [0.25, 0.3) is 0 Å². The third-order valence-corrected chi connectivity index (χ3v) is 2.53. The molecule has 0 radical (unpaired) electrons. The van der Waals surface area contributed by atoms with Crippen LogP contribution < -0.4 is 5.73 Å². The number of primary amides is 1. The molecule has 0 saturated heterocycles. The fourth-order valence-electron chi connectivity index (χ4n) is 1.63. The zero-order valence-electron chi connectivity index (χ0n) is 9.28. The Balaban J connectivity index is 2.51. The predicted octanol–water partition coefficient (Wildman–Crippen LogP) is 2.66. The summed E-state index contributed by atoms with van der Waals surface area (Å²) in [5, 5.41) is 0. The highest BCUT2D eigenvalue weighted by molar-refractivity contribution is 5.95. The van der Waals surface area contributed by atoms with E-state index in [-0.39, 0.29) is 0 Å². The molecular formula is C13H13NO2. The van der Waals surface area contributed by atoms with Crippen molar-refractivity contribution in [1.29, 1.82) is 0 Å². The molecule has 2 aromatic rings. The minimum atomic E-state index is -0.414. The first-order valence-electron chi connectivity index (χ1n) is 5.05. The SMILES string of the molecule is Cc1ccc(-c2ccc(C)c(C(N)=O)c2)o1. The van der Waals surface area contributed by atoms with E-state index in [0.29, 0.717) is 5.56 Å². The van der Waals surface area contributed by atoms with Gasteiger partial charge in [-0.3, -0.25) is 4.79 Å². The maximum atomic E-state index is 11.2. The summed E-state index contributed by atoms with van der Waals surface area (Å²) in [6.07, 6.45) is 0. The van der Waals surface area contributed by atoms with Crippen LogP contribution in [0.3, 0.4) is 0 Å². The highest BCUT2D eigenvalue weighted by atomic mass is 16.3. The Morgan fingerprint density at radius 1 is 1.19 bits per heavy atom. The van der Waals surface area contributed by atoms with Gasteiger partial charge < -0.3 is 10.2 Å². The summed E-state index contributed by atoms with van der Waals surface area (Å²) in [4.78, 5) is 11.2. The largest absolute Gasteiger partial charge is 0.461 e. The van der Waals surface area contributed by atoms with E-state index in [9.17, 15) is 4.79 Å². The number of amides is 1. The lowest BCUT2D eigenvalue weighted by atomic mass is 10.0. The van der Waals surface area contributed by atoms with Crippen molar-refractivity contribution in [2.24, 2.45) is 5.73 Å².